The molecule has 0 saturated heterocycles. The second kappa shape index (κ2) is 3.44. The molecule has 1 N–H and O–H groups in total. The summed E-state index contributed by atoms with van der Waals surface area (Å²) >= 11 is 0. The summed E-state index contributed by atoms with van der Waals surface area (Å²) in [5.41, 5.74) is 1.73. The highest BCUT2D eigenvalue weighted by atomic mass is 16.5. The molecular weight excluding hydrogens is 224 g/mol. The van der Waals surface area contributed by atoms with Crippen LogP contribution in [-0.4, -0.2) is 21.2 Å². The van der Waals surface area contributed by atoms with E-state index >= 15 is 0 Å². The van der Waals surface area contributed by atoms with Gasteiger partial charge in [-0.3, -0.25) is 0 Å². The maximum atomic E-state index is 10.7. The number of carboxylic acid groups (broad SMARTS) is 1. The van der Waals surface area contributed by atoms with E-state index in [1.807, 2.05) is 0 Å². The summed E-state index contributed by atoms with van der Waals surface area (Å²) in [6.07, 6.45) is 1.32. The van der Waals surface area contributed by atoms with Crippen molar-refractivity contribution in [3.8, 4) is 11.3 Å². The molecule has 1 aromatic carbocycles. The quantitative estimate of drug-likeness (QED) is 0.725. The van der Waals surface area contributed by atoms with Crippen molar-refractivity contribution >= 4 is 17.1 Å². The predicted molar refractivity (Wildman–Crippen MR) is 56.5 cm³/mol. The van der Waals surface area contributed by atoms with Gasteiger partial charge in [-0.2, -0.15) is 0 Å². The Morgan fingerprint density at radius 3 is 3.00 bits per heavy atom. The lowest BCUT2D eigenvalue weighted by Crippen LogP contribution is -1.94. The van der Waals surface area contributed by atoms with Gasteiger partial charge in [0.25, 0.3) is 0 Å². The highest BCUT2D eigenvalue weighted by Crippen LogP contribution is 2.27. The lowest BCUT2D eigenvalue weighted by Gasteiger charge is -1.94. The minimum Gasteiger partial charge on any atom is -0.476 e. The van der Waals surface area contributed by atoms with Gasteiger partial charge in [-0.05, 0) is 12.1 Å². The number of carboxylic acids is 1. The van der Waals surface area contributed by atoms with Crippen molar-refractivity contribution in [1.29, 1.82) is 0 Å². The Labute approximate surface area is 94.5 Å². The first-order valence-electron chi connectivity index (χ1n) is 4.78. The summed E-state index contributed by atoms with van der Waals surface area (Å²) in [5.74, 6) is -0.783. The van der Waals surface area contributed by atoms with Crippen LogP contribution >= 0.6 is 0 Å². The third-order valence-electron chi connectivity index (χ3n) is 2.36. The van der Waals surface area contributed by atoms with Crippen molar-refractivity contribution in [2.24, 2.45) is 0 Å². The molecule has 0 radical (unpaired) electrons. The number of benzene rings is 1. The molecule has 84 valence electrons. The van der Waals surface area contributed by atoms with Crippen LogP contribution in [0.15, 0.2) is 39.6 Å². The van der Waals surface area contributed by atoms with E-state index in [1.165, 1.54) is 12.5 Å². The molecule has 2 aromatic heterocycles. The van der Waals surface area contributed by atoms with E-state index in [0.29, 0.717) is 22.4 Å². The fourth-order valence-corrected chi connectivity index (χ4v) is 1.59. The van der Waals surface area contributed by atoms with Crippen LogP contribution < -0.4 is 0 Å². The molecule has 3 rings (SSSR count). The Bertz CT molecular complexity index is 698. The third-order valence-corrected chi connectivity index (χ3v) is 2.36. The lowest BCUT2D eigenvalue weighted by atomic mass is 10.1. The molecule has 6 nitrogen and oxygen atoms in total. The number of hydrogen-bond acceptors (Lipinski definition) is 5. The van der Waals surface area contributed by atoms with Gasteiger partial charge in [0.2, 0.25) is 0 Å². The van der Waals surface area contributed by atoms with Crippen LogP contribution in [0.5, 0.6) is 0 Å². The van der Waals surface area contributed by atoms with Crippen LogP contribution in [-0.2, 0) is 0 Å². The maximum absolute atomic E-state index is 10.7. The van der Waals surface area contributed by atoms with Crippen LogP contribution in [0, 0.1) is 0 Å². The number of aromatic carboxylic acids is 1. The van der Waals surface area contributed by atoms with Crippen LogP contribution in [0.1, 0.15) is 10.5 Å². The number of rotatable bonds is 2. The van der Waals surface area contributed by atoms with Crippen LogP contribution in [0.3, 0.4) is 0 Å². The molecule has 0 aliphatic carbocycles. The fraction of sp³-hybridized carbons (Fsp3) is 0. The zero-order valence-corrected chi connectivity index (χ0v) is 8.45. The summed E-state index contributed by atoms with van der Waals surface area (Å²) in [4.78, 5) is 14.7. The zero-order valence-electron chi connectivity index (χ0n) is 8.45. The first-order chi connectivity index (χ1) is 8.25. The number of oxazole rings is 1. The number of nitrogens with zero attached hydrogens (tertiary/aromatic N) is 2. The van der Waals surface area contributed by atoms with Gasteiger partial charge in [-0.25, -0.2) is 9.78 Å². The summed E-state index contributed by atoms with van der Waals surface area (Å²) in [6, 6.07) is 6.65. The molecule has 0 bridgehead atoms. The first kappa shape index (κ1) is 9.59. The first-order valence-corrected chi connectivity index (χ1v) is 4.78. The minimum absolute atomic E-state index is 0.138. The fourth-order valence-electron chi connectivity index (χ4n) is 1.59. The van der Waals surface area contributed by atoms with E-state index < -0.39 is 5.97 Å². The van der Waals surface area contributed by atoms with Crippen molar-refractivity contribution in [1.82, 2.24) is 10.1 Å². The highest BCUT2D eigenvalue weighted by Gasteiger charge is 2.15. The monoisotopic (exact) mass is 230 g/mol. The van der Waals surface area contributed by atoms with Gasteiger partial charge in [0.05, 0.1) is 0 Å². The van der Waals surface area contributed by atoms with E-state index in [-0.39, 0.29) is 5.69 Å². The standard InChI is InChI=1S/C11H6N2O4/c14-11(15)7-4-9(17-13-7)6-2-1-3-8-10(6)12-5-16-8/h1-5H,(H,14,15). The summed E-state index contributed by atoms with van der Waals surface area (Å²) in [5, 5.41) is 12.2. The molecule has 0 unspecified atom stereocenters. The van der Waals surface area contributed by atoms with E-state index in [1.54, 1.807) is 18.2 Å². The lowest BCUT2D eigenvalue weighted by molar-refractivity contribution is 0.0686. The number of fused-ring (bicyclic) bond motifs is 1. The van der Waals surface area contributed by atoms with Gasteiger partial charge in [-0.1, -0.05) is 11.2 Å². The Morgan fingerprint density at radius 2 is 2.24 bits per heavy atom. The van der Waals surface area contributed by atoms with Crippen molar-refractivity contribution in [2.45, 2.75) is 0 Å². The van der Waals surface area contributed by atoms with E-state index in [9.17, 15) is 4.79 Å². The third kappa shape index (κ3) is 1.46. The average molecular weight is 230 g/mol. The molecule has 0 saturated carbocycles. The number of aromatic nitrogens is 2. The second-order valence-corrected chi connectivity index (χ2v) is 3.39. The summed E-state index contributed by atoms with van der Waals surface area (Å²) in [7, 11) is 0. The van der Waals surface area contributed by atoms with Gasteiger partial charge < -0.3 is 14.0 Å². The molecule has 0 aliphatic heterocycles. The molecule has 2 heterocycles. The van der Waals surface area contributed by atoms with Crippen molar-refractivity contribution in [2.75, 3.05) is 0 Å². The molecule has 0 aliphatic rings. The van der Waals surface area contributed by atoms with Crippen LogP contribution in [0.2, 0.25) is 0 Å². The minimum atomic E-state index is -1.13. The molecule has 17 heavy (non-hydrogen) atoms. The molecule has 0 amide bonds. The smallest absolute Gasteiger partial charge is 0.358 e. The Balaban J connectivity index is 2.19. The van der Waals surface area contributed by atoms with Gasteiger partial charge >= 0.3 is 5.97 Å². The Hall–Kier alpha value is -2.63. The average Bonchev–Trinajstić information content (AvgIpc) is 2.97. The second-order valence-electron chi connectivity index (χ2n) is 3.39. The van der Waals surface area contributed by atoms with E-state index in [2.05, 4.69) is 10.1 Å². The summed E-state index contributed by atoms with van der Waals surface area (Å²) in [6.45, 7) is 0. The van der Waals surface area contributed by atoms with Gasteiger partial charge in [0, 0.05) is 11.6 Å². The largest absolute Gasteiger partial charge is 0.476 e. The van der Waals surface area contributed by atoms with Gasteiger partial charge in [-0.15, -0.1) is 0 Å². The normalized spacial score (nSPS) is 10.8. The zero-order chi connectivity index (χ0) is 11.8. The predicted octanol–water partition coefficient (Wildman–Crippen LogP) is 2.18. The highest BCUT2D eigenvalue weighted by molar-refractivity contribution is 5.91. The van der Waals surface area contributed by atoms with Crippen LogP contribution in [0.25, 0.3) is 22.4 Å². The van der Waals surface area contributed by atoms with Crippen molar-refractivity contribution in [3.63, 3.8) is 0 Å². The summed E-state index contributed by atoms with van der Waals surface area (Å²) < 4.78 is 10.1. The maximum Gasteiger partial charge on any atom is 0.358 e. The topological polar surface area (TPSA) is 89.4 Å². The SMILES string of the molecule is O=C(O)c1cc(-c2cccc3ocnc23)on1. The molecular formula is C11H6N2O4. The van der Waals surface area contributed by atoms with E-state index in [4.69, 9.17) is 14.0 Å². The molecule has 3 aromatic rings. The van der Waals surface area contributed by atoms with Crippen LogP contribution in [0.4, 0.5) is 0 Å². The van der Waals surface area contributed by atoms with Gasteiger partial charge in [0.15, 0.2) is 23.4 Å². The van der Waals surface area contributed by atoms with E-state index in [0.717, 1.165) is 0 Å². The number of para-hydroxylation sites is 1. The molecule has 0 spiro atoms. The molecule has 0 fully saturated rings. The number of hydrogen-bond donors (Lipinski definition) is 1. The molecule has 0 atom stereocenters. The van der Waals surface area contributed by atoms with Gasteiger partial charge in [0.1, 0.15) is 5.52 Å². The van der Waals surface area contributed by atoms with Crippen molar-refractivity contribution < 1.29 is 18.8 Å². The Morgan fingerprint density at radius 1 is 1.35 bits per heavy atom. The van der Waals surface area contributed by atoms with Crippen molar-refractivity contribution in [3.05, 3.63) is 36.4 Å². The number of carbonyl (C=O) groups is 1. The Kier molecular flexibility index (Phi) is 1.94. The molecule has 6 heteroatoms.